The van der Waals surface area contributed by atoms with Crippen LogP contribution < -0.4 is 5.32 Å². The summed E-state index contributed by atoms with van der Waals surface area (Å²) in [6.07, 6.45) is 0.941. The molecule has 0 saturated carbocycles. The largest absolute Gasteiger partial charge is 0.377 e. The first-order chi connectivity index (χ1) is 8.36. The van der Waals surface area contributed by atoms with Crippen LogP contribution in [0.1, 0.15) is 27.2 Å². The maximum absolute atomic E-state index is 13.2. The fourth-order valence-corrected chi connectivity index (χ4v) is 1.71. The fourth-order valence-electron chi connectivity index (χ4n) is 1.54. The number of benzene rings is 1. The minimum absolute atomic E-state index is 0.0372. The van der Waals surface area contributed by atoms with Gasteiger partial charge in [-0.05, 0) is 18.9 Å². The second-order valence-electron chi connectivity index (χ2n) is 4.36. The third-order valence-corrected chi connectivity index (χ3v) is 3.41. The molecule has 4 nitrogen and oxygen atoms in total. The summed E-state index contributed by atoms with van der Waals surface area (Å²) < 4.78 is 13.2. The molecule has 0 aliphatic heterocycles. The second-order valence-corrected chi connectivity index (χ2v) is 4.77. The average Bonchev–Trinajstić information content (AvgIpc) is 2.31. The van der Waals surface area contributed by atoms with Gasteiger partial charge in [-0.15, -0.1) is 0 Å². The lowest BCUT2D eigenvalue weighted by atomic mass is 10.0. The summed E-state index contributed by atoms with van der Waals surface area (Å²) in [6, 6.07) is 2.14. The van der Waals surface area contributed by atoms with Crippen molar-refractivity contribution in [3.8, 4) is 0 Å². The summed E-state index contributed by atoms with van der Waals surface area (Å²) in [7, 11) is 0. The number of nitro benzene ring substituents is 1. The van der Waals surface area contributed by atoms with Gasteiger partial charge in [-0.25, -0.2) is 4.39 Å². The maximum atomic E-state index is 13.2. The zero-order valence-electron chi connectivity index (χ0n) is 10.5. The molecule has 2 unspecified atom stereocenters. The summed E-state index contributed by atoms with van der Waals surface area (Å²) in [5.41, 5.74) is -0.0498. The molecule has 0 radical (unpaired) electrons. The van der Waals surface area contributed by atoms with Crippen LogP contribution in [0.25, 0.3) is 0 Å². The van der Waals surface area contributed by atoms with Gasteiger partial charge >= 0.3 is 0 Å². The Morgan fingerprint density at radius 1 is 1.50 bits per heavy atom. The highest BCUT2D eigenvalue weighted by atomic mass is 35.5. The van der Waals surface area contributed by atoms with E-state index in [-0.39, 0.29) is 22.4 Å². The van der Waals surface area contributed by atoms with Gasteiger partial charge in [0.05, 0.1) is 16.0 Å². The lowest BCUT2D eigenvalue weighted by Crippen LogP contribution is -2.23. The Hall–Kier alpha value is -1.36. The lowest BCUT2D eigenvalue weighted by molar-refractivity contribution is -0.384. The first-order valence-corrected chi connectivity index (χ1v) is 6.14. The molecule has 0 fully saturated rings. The van der Waals surface area contributed by atoms with E-state index in [0.29, 0.717) is 5.92 Å². The van der Waals surface area contributed by atoms with Crippen molar-refractivity contribution in [1.29, 1.82) is 0 Å². The van der Waals surface area contributed by atoms with Crippen LogP contribution in [0.2, 0.25) is 5.02 Å². The zero-order valence-corrected chi connectivity index (χ0v) is 11.3. The van der Waals surface area contributed by atoms with Gasteiger partial charge in [0.2, 0.25) is 0 Å². The Labute approximate surface area is 110 Å². The smallest absolute Gasteiger partial charge is 0.295 e. The van der Waals surface area contributed by atoms with Crippen molar-refractivity contribution in [2.75, 3.05) is 5.32 Å². The summed E-state index contributed by atoms with van der Waals surface area (Å²) in [4.78, 5) is 10.2. The SMILES string of the molecule is CCC(C)C(C)Nc1cc(Cl)c(F)cc1[N+](=O)[O-]. The summed E-state index contributed by atoms with van der Waals surface area (Å²) >= 11 is 5.65. The molecular weight excluding hydrogens is 259 g/mol. The van der Waals surface area contributed by atoms with Crippen molar-refractivity contribution in [3.63, 3.8) is 0 Å². The van der Waals surface area contributed by atoms with E-state index in [1.807, 2.05) is 20.8 Å². The monoisotopic (exact) mass is 274 g/mol. The molecule has 0 bridgehead atoms. The van der Waals surface area contributed by atoms with E-state index in [1.165, 1.54) is 6.07 Å². The number of anilines is 1. The molecule has 0 aromatic heterocycles. The Bertz CT molecular complexity index is 454. The number of nitro groups is 1. The van der Waals surface area contributed by atoms with Crippen LogP contribution in [0.4, 0.5) is 15.8 Å². The number of nitrogens with one attached hydrogen (secondary N) is 1. The van der Waals surface area contributed by atoms with E-state index in [9.17, 15) is 14.5 Å². The van der Waals surface area contributed by atoms with Crippen LogP contribution in [0.5, 0.6) is 0 Å². The standard InChI is InChI=1S/C12H16ClFN2O2/c1-4-7(2)8(3)15-11-5-9(13)10(14)6-12(11)16(17)18/h5-8,15H,4H2,1-3H3. The first kappa shape index (κ1) is 14.7. The minimum atomic E-state index is -0.787. The molecular formula is C12H16ClFN2O2. The molecule has 0 amide bonds. The minimum Gasteiger partial charge on any atom is -0.377 e. The summed E-state index contributed by atoms with van der Waals surface area (Å²) in [6.45, 7) is 6.00. The molecule has 0 saturated heterocycles. The molecule has 0 heterocycles. The van der Waals surface area contributed by atoms with Crippen LogP contribution in [0, 0.1) is 21.8 Å². The Kier molecular flexibility index (Phi) is 4.90. The number of rotatable bonds is 5. The number of nitrogens with zero attached hydrogens (tertiary/aromatic N) is 1. The number of hydrogen-bond acceptors (Lipinski definition) is 3. The highest BCUT2D eigenvalue weighted by Gasteiger charge is 2.20. The fraction of sp³-hybridized carbons (Fsp3) is 0.500. The first-order valence-electron chi connectivity index (χ1n) is 5.76. The average molecular weight is 275 g/mol. The van der Waals surface area contributed by atoms with Gasteiger partial charge in [-0.1, -0.05) is 31.9 Å². The number of halogens is 2. The normalized spacial score (nSPS) is 14.1. The molecule has 6 heteroatoms. The molecule has 18 heavy (non-hydrogen) atoms. The third kappa shape index (κ3) is 3.32. The van der Waals surface area contributed by atoms with Gasteiger partial charge in [0.15, 0.2) is 0 Å². The lowest BCUT2D eigenvalue weighted by Gasteiger charge is -2.21. The Balaban J connectivity index is 3.07. The van der Waals surface area contributed by atoms with Crippen LogP contribution in [0.15, 0.2) is 12.1 Å². The topological polar surface area (TPSA) is 55.2 Å². The highest BCUT2D eigenvalue weighted by Crippen LogP contribution is 2.31. The van der Waals surface area contributed by atoms with Crippen LogP contribution in [-0.2, 0) is 0 Å². The van der Waals surface area contributed by atoms with E-state index < -0.39 is 10.7 Å². The van der Waals surface area contributed by atoms with Crippen LogP contribution in [-0.4, -0.2) is 11.0 Å². The Morgan fingerprint density at radius 3 is 2.61 bits per heavy atom. The van der Waals surface area contributed by atoms with E-state index in [4.69, 9.17) is 11.6 Å². The quantitative estimate of drug-likeness (QED) is 0.645. The van der Waals surface area contributed by atoms with Gasteiger partial charge in [0.1, 0.15) is 11.5 Å². The summed E-state index contributed by atoms with van der Waals surface area (Å²) in [5, 5.41) is 13.8. The van der Waals surface area contributed by atoms with E-state index in [1.54, 1.807) is 0 Å². The molecule has 0 spiro atoms. The van der Waals surface area contributed by atoms with Crippen LogP contribution in [0.3, 0.4) is 0 Å². The van der Waals surface area contributed by atoms with E-state index >= 15 is 0 Å². The van der Waals surface area contributed by atoms with E-state index in [0.717, 1.165) is 12.5 Å². The second kappa shape index (κ2) is 6.00. The van der Waals surface area contributed by atoms with Gasteiger partial charge in [0.25, 0.3) is 5.69 Å². The molecule has 0 aliphatic carbocycles. The zero-order chi connectivity index (χ0) is 13.9. The van der Waals surface area contributed by atoms with E-state index in [2.05, 4.69) is 5.32 Å². The predicted molar refractivity (Wildman–Crippen MR) is 70.6 cm³/mol. The van der Waals surface area contributed by atoms with Gasteiger partial charge < -0.3 is 5.32 Å². The third-order valence-electron chi connectivity index (χ3n) is 3.12. The molecule has 1 aromatic rings. The summed E-state index contributed by atoms with van der Waals surface area (Å²) in [5.74, 6) is -0.446. The molecule has 2 atom stereocenters. The van der Waals surface area contributed by atoms with Crippen LogP contribution >= 0.6 is 11.6 Å². The molecule has 1 N–H and O–H groups in total. The molecule has 1 rings (SSSR count). The maximum Gasteiger partial charge on any atom is 0.295 e. The van der Waals surface area contributed by atoms with Crippen molar-refractivity contribution in [2.24, 2.45) is 5.92 Å². The number of hydrogen-bond donors (Lipinski definition) is 1. The van der Waals surface area contributed by atoms with Crippen molar-refractivity contribution in [1.82, 2.24) is 0 Å². The van der Waals surface area contributed by atoms with Crippen molar-refractivity contribution in [2.45, 2.75) is 33.2 Å². The Morgan fingerprint density at radius 2 is 2.11 bits per heavy atom. The predicted octanol–water partition coefficient (Wildman–Crippen LogP) is 4.23. The van der Waals surface area contributed by atoms with Crippen molar-refractivity contribution < 1.29 is 9.31 Å². The highest BCUT2D eigenvalue weighted by molar-refractivity contribution is 6.31. The van der Waals surface area contributed by atoms with Gasteiger partial charge in [0, 0.05) is 6.04 Å². The van der Waals surface area contributed by atoms with Crippen molar-refractivity contribution >= 4 is 23.0 Å². The molecule has 1 aromatic carbocycles. The van der Waals surface area contributed by atoms with Crippen molar-refractivity contribution in [3.05, 3.63) is 33.1 Å². The molecule has 0 aliphatic rings. The van der Waals surface area contributed by atoms with Gasteiger partial charge in [-0.2, -0.15) is 0 Å². The molecule has 100 valence electrons. The van der Waals surface area contributed by atoms with Gasteiger partial charge in [-0.3, -0.25) is 10.1 Å².